The standard InChI is InChI=1S/C31H48O2/c1-8-23(20(2)3)10-9-21(4)27-13-14-28-26-12-11-24-19-25(33-22(5)32)15-17-30(24,6)29(26)16-18-31(27,28)7/h8,13-14,20-21,24-25,27,29H,9-12,15-19H2,1-7H3. The van der Waals surface area contributed by atoms with Crippen molar-refractivity contribution in [2.45, 2.75) is 112 Å². The molecule has 0 aliphatic heterocycles. The van der Waals surface area contributed by atoms with Crippen LogP contribution in [0, 0.1) is 40.4 Å². The number of carbonyl (C=O) groups is 1. The lowest BCUT2D eigenvalue weighted by atomic mass is 9.48. The minimum absolute atomic E-state index is 0.109. The molecule has 0 amide bonds. The second-order valence-corrected chi connectivity index (χ2v) is 12.6. The van der Waals surface area contributed by atoms with E-state index < -0.39 is 0 Å². The third kappa shape index (κ3) is 4.41. The number of esters is 1. The Morgan fingerprint density at radius 3 is 2.61 bits per heavy atom. The van der Waals surface area contributed by atoms with Crippen molar-refractivity contribution in [1.82, 2.24) is 0 Å². The number of rotatable bonds is 6. The molecule has 0 bridgehead atoms. The van der Waals surface area contributed by atoms with Crippen molar-refractivity contribution in [2.24, 2.45) is 40.4 Å². The van der Waals surface area contributed by atoms with Gasteiger partial charge in [0.2, 0.25) is 0 Å². The molecule has 4 aliphatic rings. The van der Waals surface area contributed by atoms with Crippen LogP contribution < -0.4 is 0 Å². The lowest BCUT2D eigenvalue weighted by molar-refractivity contribution is -0.152. The minimum Gasteiger partial charge on any atom is -0.463 e. The monoisotopic (exact) mass is 452 g/mol. The highest BCUT2D eigenvalue weighted by atomic mass is 16.5. The Hall–Kier alpha value is -1.31. The van der Waals surface area contributed by atoms with Gasteiger partial charge >= 0.3 is 5.97 Å². The van der Waals surface area contributed by atoms with Gasteiger partial charge in [-0.1, -0.05) is 64.0 Å². The maximum Gasteiger partial charge on any atom is 0.302 e. The Balaban J connectivity index is 1.51. The lowest BCUT2D eigenvalue weighted by Crippen LogP contribution is -2.48. The molecule has 0 aromatic heterocycles. The number of fused-ring (bicyclic) bond motifs is 4. The number of ether oxygens (including phenoxy) is 1. The van der Waals surface area contributed by atoms with E-state index in [2.05, 4.69) is 59.8 Å². The number of carbonyl (C=O) groups excluding carboxylic acids is 1. The van der Waals surface area contributed by atoms with Crippen LogP contribution in [-0.2, 0) is 9.53 Å². The molecule has 0 aromatic rings. The van der Waals surface area contributed by atoms with E-state index in [9.17, 15) is 4.79 Å². The zero-order valence-corrected chi connectivity index (χ0v) is 22.4. The van der Waals surface area contributed by atoms with Gasteiger partial charge in [0.1, 0.15) is 6.10 Å². The van der Waals surface area contributed by atoms with Crippen molar-refractivity contribution in [2.75, 3.05) is 0 Å². The van der Waals surface area contributed by atoms with Gasteiger partial charge in [0.25, 0.3) is 0 Å². The van der Waals surface area contributed by atoms with Crippen molar-refractivity contribution in [3.05, 3.63) is 34.9 Å². The number of hydrogen-bond donors (Lipinski definition) is 0. The third-order valence-corrected chi connectivity index (χ3v) is 10.5. The molecule has 4 aliphatic carbocycles. The summed E-state index contributed by atoms with van der Waals surface area (Å²) >= 11 is 0. The smallest absolute Gasteiger partial charge is 0.302 e. The van der Waals surface area contributed by atoms with E-state index in [0.29, 0.717) is 28.6 Å². The highest BCUT2D eigenvalue weighted by Gasteiger charge is 2.54. The summed E-state index contributed by atoms with van der Waals surface area (Å²) in [4.78, 5) is 11.5. The van der Waals surface area contributed by atoms with Gasteiger partial charge in [-0.2, -0.15) is 0 Å². The van der Waals surface area contributed by atoms with Gasteiger partial charge in [0.15, 0.2) is 0 Å². The second-order valence-electron chi connectivity index (χ2n) is 12.6. The van der Waals surface area contributed by atoms with Gasteiger partial charge in [0.05, 0.1) is 0 Å². The van der Waals surface area contributed by atoms with E-state index in [1.165, 1.54) is 44.9 Å². The maximum atomic E-state index is 11.5. The van der Waals surface area contributed by atoms with Crippen LogP contribution >= 0.6 is 0 Å². The molecule has 0 aromatic carbocycles. The van der Waals surface area contributed by atoms with E-state index in [0.717, 1.165) is 24.7 Å². The van der Waals surface area contributed by atoms with Gasteiger partial charge in [-0.25, -0.2) is 0 Å². The van der Waals surface area contributed by atoms with E-state index in [-0.39, 0.29) is 12.1 Å². The third-order valence-electron chi connectivity index (χ3n) is 10.5. The Bertz CT molecular complexity index is 845. The van der Waals surface area contributed by atoms with Crippen LogP contribution in [0.4, 0.5) is 0 Å². The van der Waals surface area contributed by atoms with Crippen molar-refractivity contribution in [3.8, 4) is 0 Å². The number of allylic oxidation sites excluding steroid dienone is 6. The Morgan fingerprint density at radius 2 is 1.94 bits per heavy atom. The first-order valence-electron chi connectivity index (χ1n) is 13.8. The van der Waals surface area contributed by atoms with Crippen molar-refractivity contribution < 1.29 is 9.53 Å². The second kappa shape index (κ2) is 9.38. The molecule has 2 heteroatoms. The normalized spacial score (nSPS) is 39.2. The van der Waals surface area contributed by atoms with Crippen LogP contribution in [0.3, 0.4) is 0 Å². The topological polar surface area (TPSA) is 26.3 Å². The fourth-order valence-corrected chi connectivity index (χ4v) is 8.52. The molecule has 0 saturated heterocycles. The largest absolute Gasteiger partial charge is 0.463 e. The van der Waals surface area contributed by atoms with E-state index >= 15 is 0 Å². The minimum atomic E-state index is -0.109. The molecule has 4 rings (SSSR count). The molecule has 0 radical (unpaired) electrons. The van der Waals surface area contributed by atoms with Crippen molar-refractivity contribution in [3.63, 3.8) is 0 Å². The summed E-state index contributed by atoms with van der Waals surface area (Å²) in [6.07, 6.45) is 18.7. The molecule has 2 nitrogen and oxygen atoms in total. The zero-order valence-electron chi connectivity index (χ0n) is 22.4. The predicted molar refractivity (Wildman–Crippen MR) is 138 cm³/mol. The fraction of sp³-hybridized carbons (Fsp3) is 0.774. The van der Waals surface area contributed by atoms with Crippen LogP contribution in [-0.4, -0.2) is 12.1 Å². The number of hydrogen-bond acceptors (Lipinski definition) is 2. The summed E-state index contributed by atoms with van der Waals surface area (Å²) in [6, 6.07) is 0. The molecule has 2 fully saturated rings. The summed E-state index contributed by atoms with van der Waals surface area (Å²) in [7, 11) is 0. The summed E-state index contributed by atoms with van der Waals surface area (Å²) in [5.74, 6) is 3.38. The van der Waals surface area contributed by atoms with Crippen LogP contribution in [0.15, 0.2) is 34.9 Å². The summed E-state index contributed by atoms with van der Waals surface area (Å²) in [5.41, 5.74) is 5.85. The average molecular weight is 453 g/mol. The molecular weight excluding hydrogens is 404 g/mol. The van der Waals surface area contributed by atoms with E-state index in [4.69, 9.17) is 4.74 Å². The van der Waals surface area contributed by atoms with Crippen LogP contribution in [0.2, 0.25) is 0 Å². The molecule has 2 saturated carbocycles. The maximum absolute atomic E-state index is 11.5. The van der Waals surface area contributed by atoms with E-state index in [1.807, 2.05) is 0 Å². The highest BCUT2D eigenvalue weighted by Crippen LogP contribution is 2.64. The Labute approximate surface area is 203 Å². The first-order chi connectivity index (χ1) is 15.6. The van der Waals surface area contributed by atoms with Crippen molar-refractivity contribution >= 4 is 5.97 Å². The molecule has 0 heterocycles. The molecule has 7 unspecified atom stereocenters. The molecule has 33 heavy (non-hydrogen) atoms. The fourth-order valence-electron chi connectivity index (χ4n) is 8.52. The van der Waals surface area contributed by atoms with Crippen LogP contribution in [0.25, 0.3) is 0 Å². The quantitative estimate of drug-likeness (QED) is 0.298. The van der Waals surface area contributed by atoms with Gasteiger partial charge in [-0.05, 0) is 111 Å². The SMILES string of the molecule is CC=C(CCC(C)C1C=CC2=C3CCC4CC(OC(C)=O)CCC4(C)C3CCC21C)C(C)C. The van der Waals surface area contributed by atoms with Crippen molar-refractivity contribution in [1.29, 1.82) is 0 Å². The predicted octanol–water partition coefficient (Wildman–Crippen LogP) is 8.44. The molecule has 184 valence electrons. The van der Waals surface area contributed by atoms with Gasteiger partial charge in [-0.15, -0.1) is 0 Å². The van der Waals surface area contributed by atoms with Gasteiger partial charge < -0.3 is 4.74 Å². The average Bonchev–Trinajstić information content (AvgIpc) is 3.11. The van der Waals surface area contributed by atoms with Gasteiger partial charge in [-0.3, -0.25) is 4.79 Å². The molecular formula is C31H48O2. The Kier molecular flexibility index (Phi) is 7.05. The molecule has 0 spiro atoms. The summed E-state index contributed by atoms with van der Waals surface area (Å²) < 4.78 is 5.64. The van der Waals surface area contributed by atoms with Crippen LogP contribution in [0.1, 0.15) is 106 Å². The lowest BCUT2D eigenvalue weighted by Gasteiger charge is -2.57. The summed E-state index contributed by atoms with van der Waals surface area (Å²) in [5, 5.41) is 0. The molecule has 7 atom stereocenters. The Morgan fingerprint density at radius 1 is 1.18 bits per heavy atom. The van der Waals surface area contributed by atoms with Crippen LogP contribution in [0.5, 0.6) is 0 Å². The first-order valence-corrected chi connectivity index (χ1v) is 13.8. The first kappa shape index (κ1) is 24.8. The highest BCUT2D eigenvalue weighted by molar-refractivity contribution is 5.66. The molecule has 0 N–H and O–H groups in total. The van der Waals surface area contributed by atoms with E-state index in [1.54, 1.807) is 23.6 Å². The summed E-state index contributed by atoms with van der Waals surface area (Å²) in [6.45, 7) is 16.1. The zero-order chi connectivity index (χ0) is 24.0. The van der Waals surface area contributed by atoms with Gasteiger partial charge in [0, 0.05) is 6.92 Å².